The molecule has 2 aromatic carbocycles. The van der Waals surface area contributed by atoms with Crippen LogP contribution in [0.3, 0.4) is 0 Å². The van der Waals surface area contributed by atoms with Gasteiger partial charge in [-0.15, -0.1) is 10.2 Å². The minimum atomic E-state index is -0.455. The maximum atomic E-state index is 11.3. The maximum Gasteiger partial charge on any atom is 0.220 e. The number of aryl methyl sites for hydroxylation is 2. The number of benzene rings is 2. The van der Waals surface area contributed by atoms with Gasteiger partial charge in [-0.05, 0) is 32.0 Å². The molecule has 27 heavy (non-hydrogen) atoms. The van der Waals surface area contributed by atoms with Crippen LogP contribution < -0.4 is 4.74 Å². The lowest BCUT2D eigenvalue weighted by Crippen LogP contribution is -2.12. The highest BCUT2D eigenvalue weighted by molar-refractivity contribution is 7.99. The summed E-state index contributed by atoms with van der Waals surface area (Å²) in [5.74, 6) is 1.34. The van der Waals surface area contributed by atoms with E-state index in [0.717, 1.165) is 22.6 Å². The van der Waals surface area contributed by atoms with Crippen molar-refractivity contribution in [1.29, 1.82) is 0 Å². The Morgan fingerprint density at radius 3 is 2.52 bits per heavy atom. The Bertz CT molecular complexity index is 940. The predicted molar refractivity (Wildman–Crippen MR) is 104 cm³/mol. The summed E-state index contributed by atoms with van der Waals surface area (Å²) in [5, 5.41) is 19.9. The molecule has 0 aliphatic rings. The molecule has 140 valence electrons. The quantitative estimate of drug-likeness (QED) is 0.348. The maximum absolute atomic E-state index is 11.3. The molecule has 0 spiro atoms. The predicted octanol–water partition coefficient (Wildman–Crippen LogP) is 4.00. The highest BCUT2D eigenvalue weighted by atomic mass is 32.2. The molecule has 1 heterocycles. The minimum absolute atomic E-state index is 0.245. The Morgan fingerprint density at radius 1 is 1.15 bits per heavy atom. The van der Waals surface area contributed by atoms with Crippen molar-refractivity contribution >= 4 is 11.8 Å². The Kier molecular flexibility index (Phi) is 5.75. The normalized spacial score (nSPS) is 12.0. The Labute approximate surface area is 161 Å². The molecule has 0 unspecified atom stereocenters. The van der Waals surface area contributed by atoms with E-state index in [1.54, 1.807) is 13.2 Å². The Balaban J connectivity index is 2.00. The summed E-state index contributed by atoms with van der Waals surface area (Å²) in [6.45, 7) is 3.64. The first kappa shape index (κ1) is 18.9. The van der Waals surface area contributed by atoms with E-state index in [2.05, 4.69) is 10.2 Å². The van der Waals surface area contributed by atoms with Gasteiger partial charge in [0, 0.05) is 16.2 Å². The first-order valence-corrected chi connectivity index (χ1v) is 9.28. The van der Waals surface area contributed by atoms with Gasteiger partial charge in [0.05, 0.1) is 7.11 Å². The van der Waals surface area contributed by atoms with Crippen molar-refractivity contribution in [2.75, 3.05) is 13.7 Å². The number of aromatic nitrogens is 3. The number of nitrogens with zero attached hydrogens (tertiary/aromatic N) is 4. The van der Waals surface area contributed by atoms with Gasteiger partial charge in [-0.1, -0.05) is 47.7 Å². The van der Waals surface area contributed by atoms with Gasteiger partial charge in [0.15, 0.2) is 5.16 Å². The van der Waals surface area contributed by atoms with Crippen LogP contribution in [0.2, 0.25) is 0 Å². The monoisotopic (exact) mass is 384 g/mol. The van der Waals surface area contributed by atoms with Crippen LogP contribution in [-0.4, -0.2) is 33.3 Å². The van der Waals surface area contributed by atoms with Crippen LogP contribution in [0.5, 0.6) is 5.75 Å². The fourth-order valence-corrected chi connectivity index (χ4v) is 4.01. The minimum Gasteiger partial charge on any atom is -0.496 e. The zero-order valence-corrected chi connectivity index (χ0v) is 16.1. The molecule has 0 saturated carbocycles. The van der Waals surface area contributed by atoms with Crippen molar-refractivity contribution in [1.82, 2.24) is 14.8 Å². The second-order valence-electron chi connectivity index (χ2n) is 6.06. The summed E-state index contributed by atoms with van der Waals surface area (Å²) in [6, 6.07) is 15.3. The summed E-state index contributed by atoms with van der Waals surface area (Å²) in [6.07, 6.45) is 0. The van der Waals surface area contributed by atoms with Crippen molar-refractivity contribution < 1.29 is 9.66 Å². The van der Waals surface area contributed by atoms with E-state index in [1.807, 2.05) is 60.9 Å². The fourth-order valence-electron chi connectivity index (χ4n) is 2.80. The van der Waals surface area contributed by atoms with Crippen LogP contribution in [0.25, 0.3) is 5.69 Å². The third-order valence-electron chi connectivity index (χ3n) is 4.14. The zero-order chi connectivity index (χ0) is 19.4. The third-order valence-corrected chi connectivity index (χ3v) is 5.30. The van der Waals surface area contributed by atoms with E-state index >= 15 is 0 Å². The summed E-state index contributed by atoms with van der Waals surface area (Å²) in [5.41, 5.74) is 2.84. The molecule has 0 bridgehead atoms. The number of ether oxygens (including phenoxy) is 1. The summed E-state index contributed by atoms with van der Waals surface area (Å²) >= 11 is 1.31. The van der Waals surface area contributed by atoms with Crippen molar-refractivity contribution in [3.05, 3.63) is 75.6 Å². The standard InChI is InChI=1S/C19H20N4O3S/c1-13-8-10-15(11-9-13)23-14(2)20-21-19(23)27-18(12-22(24)25)16-6-4-5-7-17(16)26-3/h4-11,18H,12H2,1-3H3/t18-/m1/s1. The van der Waals surface area contributed by atoms with Crippen molar-refractivity contribution in [2.45, 2.75) is 24.3 Å². The second kappa shape index (κ2) is 8.22. The molecular weight excluding hydrogens is 364 g/mol. The lowest BCUT2D eigenvalue weighted by molar-refractivity contribution is -0.479. The molecule has 0 aliphatic carbocycles. The van der Waals surface area contributed by atoms with E-state index < -0.39 is 5.25 Å². The van der Waals surface area contributed by atoms with E-state index in [-0.39, 0.29) is 11.5 Å². The number of thioether (sulfide) groups is 1. The van der Waals surface area contributed by atoms with Gasteiger partial charge in [-0.3, -0.25) is 14.7 Å². The van der Waals surface area contributed by atoms with Crippen molar-refractivity contribution in [3.8, 4) is 11.4 Å². The zero-order valence-electron chi connectivity index (χ0n) is 15.3. The average molecular weight is 384 g/mol. The lowest BCUT2D eigenvalue weighted by Gasteiger charge is -2.16. The molecule has 3 aromatic rings. The van der Waals surface area contributed by atoms with Gasteiger partial charge in [0.25, 0.3) is 0 Å². The van der Waals surface area contributed by atoms with Crippen LogP contribution in [0, 0.1) is 24.0 Å². The van der Waals surface area contributed by atoms with Gasteiger partial charge in [-0.2, -0.15) is 0 Å². The van der Waals surface area contributed by atoms with Crippen LogP contribution in [0.4, 0.5) is 0 Å². The smallest absolute Gasteiger partial charge is 0.220 e. The first-order valence-electron chi connectivity index (χ1n) is 8.40. The number of hydrogen-bond acceptors (Lipinski definition) is 6. The largest absolute Gasteiger partial charge is 0.496 e. The molecule has 1 aromatic heterocycles. The van der Waals surface area contributed by atoms with Crippen LogP contribution in [0.15, 0.2) is 53.7 Å². The van der Waals surface area contributed by atoms with E-state index in [9.17, 15) is 10.1 Å². The average Bonchev–Trinajstić information content (AvgIpc) is 3.02. The molecule has 0 radical (unpaired) electrons. The molecule has 0 aliphatic heterocycles. The summed E-state index contributed by atoms with van der Waals surface area (Å²) in [7, 11) is 1.56. The number of hydrogen-bond donors (Lipinski definition) is 0. The fraction of sp³-hybridized carbons (Fsp3) is 0.263. The van der Waals surface area contributed by atoms with Crippen molar-refractivity contribution in [2.24, 2.45) is 0 Å². The van der Waals surface area contributed by atoms with Crippen LogP contribution in [-0.2, 0) is 0 Å². The molecule has 1 atom stereocenters. The van der Waals surface area contributed by atoms with Gasteiger partial charge in [0.1, 0.15) is 16.8 Å². The molecule has 0 N–H and O–H groups in total. The number of rotatable bonds is 7. The topological polar surface area (TPSA) is 83.1 Å². The van der Waals surface area contributed by atoms with Gasteiger partial charge < -0.3 is 4.74 Å². The number of para-hydroxylation sites is 1. The molecule has 3 rings (SSSR count). The third kappa shape index (κ3) is 4.28. The summed E-state index contributed by atoms with van der Waals surface area (Å²) in [4.78, 5) is 11.0. The Hall–Kier alpha value is -2.87. The Morgan fingerprint density at radius 2 is 1.85 bits per heavy atom. The number of methoxy groups -OCH3 is 1. The van der Waals surface area contributed by atoms with Gasteiger partial charge in [0.2, 0.25) is 6.54 Å². The molecular formula is C19H20N4O3S. The van der Waals surface area contributed by atoms with E-state index in [1.165, 1.54) is 11.8 Å². The molecule has 8 heteroatoms. The number of nitro groups is 1. The SMILES string of the molecule is COc1ccccc1[C@@H](C[N+](=O)[O-])Sc1nnc(C)n1-c1ccc(C)cc1. The van der Waals surface area contributed by atoms with Crippen molar-refractivity contribution in [3.63, 3.8) is 0 Å². The summed E-state index contributed by atoms with van der Waals surface area (Å²) < 4.78 is 7.31. The van der Waals surface area contributed by atoms with Gasteiger partial charge in [-0.25, -0.2) is 0 Å². The van der Waals surface area contributed by atoms with E-state index in [4.69, 9.17) is 4.74 Å². The second-order valence-corrected chi connectivity index (χ2v) is 7.23. The molecule has 0 saturated heterocycles. The molecule has 7 nitrogen and oxygen atoms in total. The first-order chi connectivity index (χ1) is 13.0. The molecule has 0 fully saturated rings. The highest BCUT2D eigenvalue weighted by Gasteiger charge is 2.26. The van der Waals surface area contributed by atoms with Gasteiger partial charge >= 0.3 is 0 Å². The lowest BCUT2D eigenvalue weighted by atomic mass is 10.1. The highest BCUT2D eigenvalue weighted by Crippen LogP contribution is 2.39. The molecule has 0 amide bonds. The van der Waals surface area contributed by atoms with Crippen LogP contribution in [0.1, 0.15) is 22.2 Å². The van der Waals surface area contributed by atoms with Crippen LogP contribution >= 0.6 is 11.8 Å². The van der Waals surface area contributed by atoms with E-state index in [0.29, 0.717) is 10.9 Å².